The maximum absolute atomic E-state index is 13.5. The van der Waals surface area contributed by atoms with Gasteiger partial charge in [-0.3, -0.25) is 15.5 Å². The summed E-state index contributed by atoms with van der Waals surface area (Å²) in [6, 6.07) is 12.2. The lowest BCUT2D eigenvalue weighted by Crippen LogP contribution is -2.02. The summed E-state index contributed by atoms with van der Waals surface area (Å²) in [6.07, 6.45) is 0. The number of nitrogens with one attached hydrogen (secondary N) is 1. The van der Waals surface area contributed by atoms with Gasteiger partial charge in [-0.05, 0) is 19.1 Å². The average Bonchev–Trinajstić information content (AvgIpc) is 2.45. The third kappa shape index (κ3) is 3.17. The smallest absolute Gasteiger partial charge is 0.271 e. The maximum Gasteiger partial charge on any atom is 0.271 e. The topological polar surface area (TPSA) is 67.5 Å². The molecule has 102 valence electrons. The maximum atomic E-state index is 13.5. The summed E-state index contributed by atoms with van der Waals surface area (Å²) in [5.41, 5.74) is 3.95. The number of anilines is 1. The van der Waals surface area contributed by atoms with Gasteiger partial charge >= 0.3 is 0 Å². The first-order valence-electron chi connectivity index (χ1n) is 5.87. The minimum absolute atomic E-state index is 0.0336. The van der Waals surface area contributed by atoms with E-state index in [4.69, 9.17) is 0 Å². The molecule has 0 saturated carbocycles. The quantitative estimate of drug-likeness (QED) is 0.526. The van der Waals surface area contributed by atoms with Crippen molar-refractivity contribution >= 4 is 17.1 Å². The van der Waals surface area contributed by atoms with Crippen molar-refractivity contribution < 1.29 is 9.31 Å². The van der Waals surface area contributed by atoms with E-state index in [1.54, 1.807) is 37.3 Å². The van der Waals surface area contributed by atoms with Crippen LogP contribution in [0, 0.1) is 15.9 Å². The Morgan fingerprint density at radius 3 is 2.70 bits per heavy atom. The highest BCUT2D eigenvalue weighted by Gasteiger charge is 2.06. The highest BCUT2D eigenvalue weighted by Crippen LogP contribution is 2.17. The lowest BCUT2D eigenvalue weighted by molar-refractivity contribution is -0.384. The van der Waals surface area contributed by atoms with Gasteiger partial charge in [-0.2, -0.15) is 5.10 Å². The first-order chi connectivity index (χ1) is 9.58. The molecule has 0 aliphatic carbocycles. The molecule has 0 aromatic heterocycles. The molecule has 2 rings (SSSR count). The second-order valence-electron chi connectivity index (χ2n) is 4.10. The van der Waals surface area contributed by atoms with Crippen molar-refractivity contribution in [1.82, 2.24) is 0 Å². The van der Waals surface area contributed by atoms with Crippen LogP contribution in [0.15, 0.2) is 53.6 Å². The number of halogens is 1. The molecule has 2 aromatic rings. The summed E-state index contributed by atoms with van der Waals surface area (Å²) in [5, 5.41) is 14.7. The number of nitro groups is 1. The molecule has 0 atom stereocenters. The van der Waals surface area contributed by atoms with Crippen LogP contribution in [0.2, 0.25) is 0 Å². The van der Waals surface area contributed by atoms with Crippen LogP contribution < -0.4 is 5.43 Å². The van der Waals surface area contributed by atoms with Gasteiger partial charge in [-0.15, -0.1) is 0 Å². The van der Waals surface area contributed by atoms with E-state index in [9.17, 15) is 14.5 Å². The third-order valence-corrected chi connectivity index (χ3v) is 2.67. The zero-order chi connectivity index (χ0) is 14.5. The van der Waals surface area contributed by atoms with E-state index in [-0.39, 0.29) is 11.5 Å². The van der Waals surface area contributed by atoms with Crippen molar-refractivity contribution in [1.29, 1.82) is 0 Å². The van der Waals surface area contributed by atoms with Gasteiger partial charge in [-0.1, -0.05) is 24.3 Å². The van der Waals surface area contributed by atoms with Gasteiger partial charge in [0.15, 0.2) is 0 Å². The molecule has 0 fully saturated rings. The van der Waals surface area contributed by atoms with E-state index >= 15 is 0 Å². The number of hydrazone groups is 1. The first kappa shape index (κ1) is 13.7. The normalized spacial score (nSPS) is 11.2. The Labute approximate surface area is 114 Å². The third-order valence-electron chi connectivity index (χ3n) is 2.67. The molecule has 0 aliphatic rings. The molecule has 0 radical (unpaired) electrons. The predicted octanol–water partition coefficient (Wildman–Crippen LogP) is 3.57. The monoisotopic (exact) mass is 273 g/mol. The average molecular weight is 273 g/mol. The Hall–Kier alpha value is -2.76. The summed E-state index contributed by atoms with van der Waals surface area (Å²) in [5.74, 6) is -0.366. The number of hydrogen-bond donors (Lipinski definition) is 1. The number of nitro benzene ring substituents is 1. The van der Waals surface area contributed by atoms with Gasteiger partial charge in [0.25, 0.3) is 5.69 Å². The Balaban J connectivity index is 2.19. The molecule has 0 aliphatic heterocycles. The zero-order valence-electron chi connectivity index (χ0n) is 10.7. The second-order valence-corrected chi connectivity index (χ2v) is 4.10. The van der Waals surface area contributed by atoms with Gasteiger partial charge in [0.1, 0.15) is 5.82 Å². The van der Waals surface area contributed by atoms with E-state index < -0.39 is 4.92 Å². The molecule has 0 amide bonds. The number of hydrogen-bond acceptors (Lipinski definition) is 4. The van der Waals surface area contributed by atoms with Gasteiger partial charge in [0.2, 0.25) is 0 Å². The molecule has 2 aromatic carbocycles. The van der Waals surface area contributed by atoms with Gasteiger partial charge in [0.05, 0.1) is 16.3 Å². The Morgan fingerprint density at radius 2 is 2.00 bits per heavy atom. The van der Waals surface area contributed by atoms with Crippen LogP contribution in [0.3, 0.4) is 0 Å². The molecule has 0 heterocycles. The molecule has 20 heavy (non-hydrogen) atoms. The fourth-order valence-corrected chi connectivity index (χ4v) is 1.65. The van der Waals surface area contributed by atoms with Crippen molar-refractivity contribution in [2.75, 3.05) is 5.43 Å². The van der Waals surface area contributed by atoms with Crippen LogP contribution in [0.25, 0.3) is 0 Å². The summed E-state index contributed by atoms with van der Waals surface area (Å²) in [4.78, 5) is 10.2. The SMILES string of the molecule is C/C(=N/Nc1cccc([N+](=O)[O-])c1)c1ccccc1F. The summed E-state index contributed by atoms with van der Waals surface area (Å²) < 4.78 is 13.5. The number of rotatable bonds is 4. The molecule has 0 spiro atoms. The van der Waals surface area contributed by atoms with Crippen molar-refractivity contribution in [2.45, 2.75) is 6.92 Å². The molecule has 0 saturated heterocycles. The summed E-state index contributed by atoms with van der Waals surface area (Å²) in [7, 11) is 0. The summed E-state index contributed by atoms with van der Waals surface area (Å²) in [6.45, 7) is 1.66. The Morgan fingerprint density at radius 1 is 1.25 bits per heavy atom. The van der Waals surface area contributed by atoms with Crippen molar-refractivity contribution in [3.8, 4) is 0 Å². The van der Waals surface area contributed by atoms with Gasteiger partial charge in [0, 0.05) is 17.7 Å². The van der Waals surface area contributed by atoms with Crippen LogP contribution in [0.4, 0.5) is 15.8 Å². The predicted molar refractivity (Wildman–Crippen MR) is 75.3 cm³/mol. The van der Waals surface area contributed by atoms with E-state index in [0.29, 0.717) is 17.0 Å². The Kier molecular flexibility index (Phi) is 4.05. The highest BCUT2D eigenvalue weighted by molar-refractivity contribution is 5.99. The standard InChI is InChI=1S/C14H12FN3O2/c1-10(13-7-2-3-8-14(13)15)16-17-11-5-4-6-12(9-11)18(19)20/h2-9,17H,1H3/b16-10-. The largest absolute Gasteiger partial charge is 0.278 e. The van der Waals surface area contributed by atoms with E-state index in [0.717, 1.165) is 0 Å². The molecule has 0 bridgehead atoms. The van der Waals surface area contributed by atoms with Crippen molar-refractivity contribution in [2.24, 2.45) is 5.10 Å². The lowest BCUT2D eigenvalue weighted by atomic mass is 10.1. The molecule has 5 nitrogen and oxygen atoms in total. The van der Waals surface area contributed by atoms with Crippen molar-refractivity contribution in [3.63, 3.8) is 0 Å². The molecule has 0 unspecified atom stereocenters. The van der Waals surface area contributed by atoms with Gasteiger partial charge in [-0.25, -0.2) is 4.39 Å². The molecular weight excluding hydrogens is 261 g/mol. The van der Waals surface area contributed by atoms with Crippen molar-refractivity contribution in [3.05, 3.63) is 70.0 Å². The fourth-order valence-electron chi connectivity index (χ4n) is 1.65. The van der Waals surface area contributed by atoms with Crippen LogP contribution in [0.1, 0.15) is 12.5 Å². The minimum atomic E-state index is -0.487. The number of nitrogens with zero attached hydrogens (tertiary/aromatic N) is 2. The van der Waals surface area contributed by atoms with Crippen LogP contribution in [-0.2, 0) is 0 Å². The molecule has 6 heteroatoms. The Bertz CT molecular complexity index is 671. The second kappa shape index (κ2) is 5.92. The van der Waals surface area contributed by atoms with Gasteiger partial charge < -0.3 is 0 Å². The molecule has 1 N–H and O–H groups in total. The van der Waals surface area contributed by atoms with E-state index in [2.05, 4.69) is 10.5 Å². The van der Waals surface area contributed by atoms with Crippen LogP contribution in [0.5, 0.6) is 0 Å². The summed E-state index contributed by atoms with van der Waals surface area (Å²) >= 11 is 0. The van der Waals surface area contributed by atoms with E-state index in [1.807, 2.05) is 0 Å². The minimum Gasteiger partial charge on any atom is -0.278 e. The highest BCUT2D eigenvalue weighted by atomic mass is 19.1. The lowest BCUT2D eigenvalue weighted by Gasteiger charge is -2.04. The first-order valence-corrected chi connectivity index (χ1v) is 5.87. The zero-order valence-corrected chi connectivity index (χ0v) is 10.7. The fraction of sp³-hybridized carbons (Fsp3) is 0.0714. The van der Waals surface area contributed by atoms with Crippen LogP contribution >= 0.6 is 0 Å². The van der Waals surface area contributed by atoms with Crippen LogP contribution in [-0.4, -0.2) is 10.6 Å². The number of benzene rings is 2. The number of non-ortho nitro benzene ring substituents is 1. The van der Waals surface area contributed by atoms with E-state index in [1.165, 1.54) is 18.2 Å². The molecular formula is C14H12FN3O2.